The maximum atomic E-state index is 6.30. The van der Waals surface area contributed by atoms with Gasteiger partial charge in [0.1, 0.15) is 0 Å². The standard InChI is InChI=1S/C16H14ClN2/c1-2-14(11-6-4-3-5-7-11)12-8-13-10-18-19-16(13)15(17)9-12/h3-10,14H,1-2H2,(H,18,19). The number of hydrogen-bond donors (Lipinski definition) is 1. The highest BCUT2D eigenvalue weighted by atomic mass is 35.5. The Labute approximate surface area is 117 Å². The third-order valence-corrected chi connectivity index (χ3v) is 3.71. The van der Waals surface area contributed by atoms with Gasteiger partial charge in [-0.15, -0.1) is 0 Å². The van der Waals surface area contributed by atoms with Crippen LogP contribution in [0.2, 0.25) is 5.02 Å². The first kappa shape index (κ1) is 12.2. The first-order chi connectivity index (χ1) is 9.29. The number of nitrogens with one attached hydrogen (secondary N) is 1. The molecule has 0 saturated carbocycles. The Hall–Kier alpha value is -1.80. The van der Waals surface area contributed by atoms with Crippen molar-refractivity contribution in [2.24, 2.45) is 0 Å². The lowest BCUT2D eigenvalue weighted by Gasteiger charge is -2.16. The van der Waals surface area contributed by atoms with Crippen LogP contribution in [0, 0.1) is 6.92 Å². The minimum atomic E-state index is 0.262. The summed E-state index contributed by atoms with van der Waals surface area (Å²) in [6, 6.07) is 14.5. The Morgan fingerprint density at radius 2 is 1.95 bits per heavy atom. The fourth-order valence-corrected chi connectivity index (χ4v) is 2.73. The molecule has 1 radical (unpaired) electrons. The summed E-state index contributed by atoms with van der Waals surface area (Å²) in [5.74, 6) is 0.262. The van der Waals surface area contributed by atoms with Crippen LogP contribution in [0.5, 0.6) is 0 Å². The zero-order valence-electron chi connectivity index (χ0n) is 10.4. The molecule has 3 aromatic rings. The molecule has 1 heterocycles. The number of aromatic amines is 1. The second-order valence-electron chi connectivity index (χ2n) is 4.59. The van der Waals surface area contributed by atoms with E-state index in [9.17, 15) is 0 Å². The lowest BCUT2D eigenvalue weighted by atomic mass is 9.89. The molecular weight excluding hydrogens is 256 g/mol. The van der Waals surface area contributed by atoms with Crippen LogP contribution in [-0.2, 0) is 0 Å². The third kappa shape index (κ3) is 2.24. The quantitative estimate of drug-likeness (QED) is 0.741. The van der Waals surface area contributed by atoms with Crippen LogP contribution in [0.25, 0.3) is 10.9 Å². The normalized spacial score (nSPS) is 12.7. The minimum Gasteiger partial charge on any atom is -0.276 e. The van der Waals surface area contributed by atoms with Crippen molar-refractivity contribution >= 4 is 22.5 Å². The van der Waals surface area contributed by atoms with Crippen LogP contribution >= 0.6 is 11.6 Å². The molecule has 3 rings (SSSR count). The summed E-state index contributed by atoms with van der Waals surface area (Å²) in [6.07, 6.45) is 2.60. The number of fused-ring (bicyclic) bond motifs is 1. The van der Waals surface area contributed by atoms with E-state index >= 15 is 0 Å². The molecule has 0 fully saturated rings. The molecule has 2 nitrogen and oxygen atoms in total. The molecule has 3 heteroatoms. The van der Waals surface area contributed by atoms with E-state index in [4.69, 9.17) is 11.6 Å². The SMILES string of the molecule is [CH2]CC(c1ccccc1)c1cc(Cl)c2[nH]ncc2c1. The molecule has 0 aliphatic rings. The Kier molecular flexibility index (Phi) is 3.26. The average Bonchev–Trinajstić information content (AvgIpc) is 2.90. The lowest BCUT2D eigenvalue weighted by molar-refractivity contribution is 0.829. The Bertz CT molecular complexity index is 688. The minimum absolute atomic E-state index is 0.262. The van der Waals surface area contributed by atoms with Gasteiger partial charge in [0.05, 0.1) is 16.7 Å². The van der Waals surface area contributed by atoms with Crippen molar-refractivity contribution < 1.29 is 0 Å². The highest BCUT2D eigenvalue weighted by molar-refractivity contribution is 6.35. The van der Waals surface area contributed by atoms with Gasteiger partial charge in [-0.2, -0.15) is 5.10 Å². The van der Waals surface area contributed by atoms with E-state index in [0.717, 1.165) is 17.3 Å². The maximum absolute atomic E-state index is 6.30. The van der Waals surface area contributed by atoms with Crippen molar-refractivity contribution in [3.63, 3.8) is 0 Å². The van der Waals surface area contributed by atoms with Crippen LogP contribution in [0.3, 0.4) is 0 Å². The molecule has 0 amide bonds. The van der Waals surface area contributed by atoms with Gasteiger partial charge >= 0.3 is 0 Å². The molecule has 0 aliphatic carbocycles. The molecule has 1 aromatic heterocycles. The number of rotatable bonds is 3. The molecule has 1 N–H and O–H groups in total. The van der Waals surface area contributed by atoms with Gasteiger partial charge in [-0.1, -0.05) is 48.9 Å². The summed E-state index contributed by atoms with van der Waals surface area (Å²) in [7, 11) is 0. The monoisotopic (exact) mass is 269 g/mol. The predicted molar refractivity (Wildman–Crippen MR) is 79.4 cm³/mol. The van der Waals surface area contributed by atoms with E-state index in [1.807, 2.05) is 12.1 Å². The molecule has 19 heavy (non-hydrogen) atoms. The summed E-state index contributed by atoms with van der Waals surface area (Å²) in [6.45, 7) is 4.07. The smallest absolute Gasteiger partial charge is 0.0836 e. The largest absolute Gasteiger partial charge is 0.276 e. The van der Waals surface area contributed by atoms with Gasteiger partial charge < -0.3 is 0 Å². The van der Waals surface area contributed by atoms with E-state index in [0.29, 0.717) is 5.02 Å². The summed E-state index contributed by atoms with van der Waals surface area (Å²) in [5, 5.41) is 8.70. The van der Waals surface area contributed by atoms with E-state index in [1.54, 1.807) is 6.20 Å². The average molecular weight is 270 g/mol. The number of aromatic nitrogens is 2. The number of benzene rings is 2. The number of H-pyrrole nitrogens is 1. The van der Waals surface area contributed by atoms with Crippen molar-refractivity contribution in [3.05, 3.63) is 71.7 Å². The van der Waals surface area contributed by atoms with Crippen LogP contribution in [0.4, 0.5) is 0 Å². The third-order valence-electron chi connectivity index (χ3n) is 3.42. The van der Waals surface area contributed by atoms with Gasteiger partial charge in [-0.3, -0.25) is 5.10 Å². The van der Waals surface area contributed by atoms with Crippen molar-refractivity contribution in [2.45, 2.75) is 12.3 Å². The van der Waals surface area contributed by atoms with Crippen molar-refractivity contribution in [3.8, 4) is 0 Å². The molecule has 1 atom stereocenters. The van der Waals surface area contributed by atoms with Crippen molar-refractivity contribution in [2.75, 3.05) is 0 Å². The zero-order chi connectivity index (χ0) is 13.2. The first-order valence-electron chi connectivity index (χ1n) is 6.26. The highest BCUT2D eigenvalue weighted by Crippen LogP contribution is 2.32. The van der Waals surface area contributed by atoms with Gasteiger partial charge in [0.15, 0.2) is 0 Å². The maximum Gasteiger partial charge on any atom is 0.0836 e. The molecule has 1 unspecified atom stereocenters. The van der Waals surface area contributed by atoms with Gasteiger partial charge in [-0.25, -0.2) is 0 Å². The lowest BCUT2D eigenvalue weighted by Crippen LogP contribution is -1.99. The Morgan fingerprint density at radius 3 is 2.68 bits per heavy atom. The van der Waals surface area contributed by atoms with Gasteiger partial charge in [0.25, 0.3) is 0 Å². The van der Waals surface area contributed by atoms with E-state index in [1.165, 1.54) is 11.1 Å². The van der Waals surface area contributed by atoms with Crippen molar-refractivity contribution in [1.29, 1.82) is 0 Å². The highest BCUT2D eigenvalue weighted by Gasteiger charge is 2.14. The Morgan fingerprint density at radius 1 is 1.16 bits per heavy atom. The molecule has 95 valence electrons. The summed E-state index contributed by atoms with van der Waals surface area (Å²) < 4.78 is 0. The molecule has 0 aliphatic heterocycles. The fraction of sp³-hybridized carbons (Fsp3) is 0.125. The number of hydrogen-bond acceptors (Lipinski definition) is 1. The van der Waals surface area contributed by atoms with Gasteiger partial charge in [0, 0.05) is 11.3 Å². The van der Waals surface area contributed by atoms with Crippen LogP contribution in [0.15, 0.2) is 48.7 Å². The molecular formula is C16H14ClN2. The summed E-state index contributed by atoms with van der Waals surface area (Å²) in [5.41, 5.74) is 3.33. The van der Waals surface area contributed by atoms with E-state index in [-0.39, 0.29) is 5.92 Å². The molecule has 2 aromatic carbocycles. The Balaban J connectivity index is 2.11. The van der Waals surface area contributed by atoms with Crippen LogP contribution in [-0.4, -0.2) is 10.2 Å². The first-order valence-corrected chi connectivity index (χ1v) is 6.64. The number of nitrogens with zero attached hydrogens (tertiary/aromatic N) is 1. The molecule has 0 saturated heterocycles. The zero-order valence-corrected chi connectivity index (χ0v) is 11.2. The topological polar surface area (TPSA) is 28.7 Å². The van der Waals surface area contributed by atoms with Crippen LogP contribution < -0.4 is 0 Å². The predicted octanol–water partition coefficient (Wildman–Crippen LogP) is 4.57. The second-order valence-corrected chi connectivity index (χ2v) is 5.00. The summed E-state index contributed by atoms with van der Waals surface area (Å²) >= 11 is 6.30. The van der Waals surface area contributed by atoms with Gasteiger partial charge in [-0.05, 0) is 29.7 Å². The fourth-order valence-electron chi connectivity index (χ4n) is 2.45. The second kappa shape index (κ2) is 5.06. The van der Waals surface area contributed by atoms with Crippen molar-refractivity contribution in [1.82, 2.24) is 10.2 Å². The summed E-state index contributed by atoms with van der Waals surface area (Å²) in [4.78, 5) is 0. The van der Waals surface area contributed by atoms with E-state index < -0.39 is 0 Å². The molecule has 0 spiro atoms. The van der Waals surface area contributed by atoms with E-state index in [2.05, 4.69) is 47.5 Å². The molecule has 0 bridgehead atoms. The van der Waals surface area contributed by atoms with Gasteiger partial charge in [0.2, 0.25) is 0 Å². The van der Waals surface area contributed by atoms with Crippen LogP contribution in [0.1, 0.15) is 23.5 Å². The number of halogens is 1.